The maximum absolute atomic E-state index is 12.4. The Bertz CT molecular complexity index is 547. The molecular weight excluding hydrogens is 376 g/mol. The van der Waals surface area contributed by atoms with Gasteiger partial charge in [-0.05, 0) is 19.3 Å². The SMILES string of the molecule is CN(CCCCl)S(=O)N1CCC(Nc2ncc(OC(F)F)cn2)CC1. The Hall–Kier alpha value is -1.10. The minimum atomic E-state index is -2.89. The van der Waals surface area contributed by atoms with Gasteiger partial charge in [-0.3, -0.25) is 0 Å². The summed E-state index contributed by atoms with van der Waals surface area (Å²) < 4.78 is 44.5. The van der Waals surface area contributed by atoms with Crippen molar-refractivity contribution in [3.8, 4) is 5.75 Å². The van der Waals surface area contributed by atoms with Gasteiger partial charge in [0.05, 0.1) is 12.4 Å². The molecule has 1 N–H and O–H groups in total. The van der Waals surface area contributed by atoms with Crippen LogP contribution in [0.3, 0.4) is 0 Å². The third-order valence-electron chi connectivity index (χ3n) is 3.73. The van der Waals surface area contributed by atoms with E-state index in [9.17, 15) is 13.0 Å². The van der Waals surface area contributed by atoms with Crippen molar-refractivity contribution >= 4 is 28.7 Å². The summed E-state index contributed by atoms with van der Waals surface area (Å²) in [6.45, 7) is -0.838. The lowest BCUT2D eigenvalue weighted by Gasteiger charge is -2.33. The highest BCUT2D eigenvalue weighted by Gasteiger charge is 2.25. The van der Waals surface area contributed by atoms with Gasteiger partial charge in [-0.1, -0.05) is 0 Å². The van der Waals surface area contributed by atoms with Crippen molar-refractivity contribution in [2.75, 3.05) is 37.9 Å². The van der Waals surface area contributed by atoms with Crippen LogP contribution in [-0.2, 0) is 11.2 Å². The summed E-state index contributed by atoms with van der Waals surface area (Å²) in [5, 5.41) is 3.16. The lowest BCUT2D eigenvalue weighted by molar-refractivity contribution is -0.0503. The number of ether oxygens (including phenoxy) is 1. The zero-order valence-corrected chi connectivity index (χ0v) is 15.5. The molecule has 0 spiro atoms. The molecule has 25 heavy (non-hydrogen) atoms. The van der Waals surface area contributed by atoms with Crippen LogP contribution >= 0.6 is 11.6 Å². The van der Waals surface area contributed by atoms with E-state index in [1.807, 2.05) is 11.4 Å². The first-order valence-corrected chi connectivity index (χ1v) is 9.57. The Labute approximate surface area is 153 Å². The number of nitrogens with zero attached hydrogens (tertiary/aromatic N) is 4. The number of hydrogen-bond acceptors (Lipinski definition) is 5. The minimum Gasteiger partial charge on any atom is -0.432 e. The van der Waals surface area contributed by atoms with E-state index in [0.29, 0.717) is 31.5 Å². The Kier molecular flexibility index (Phi) is 8.20. The van der Waals surface area contributed by atoms with Crippen molar-refractivity contribution < 1.29 is 17.7 Å². The maximum Gasteiger partial charge on any atom is 0.387 e. The van der Waals surface area contributed by atoms with E-state index in [4.69, 9.17) is 11.6 Å². The summed E-state index contributed by atoms with van der Waals surface area (Å²) in [4.78, 5) is 7.93. The maximum atomic E-state index is 12.4. The van der Waals surface area contributed by atoms with Crippen molar-refractivity contribution in [1.29, 1.82) is 0 Å². The molecule has 1 unspecified atom stereocenters. The zero-order chi connectivity index (χ0) is 18.2. The van der Waals surface area contributed by atoms with Crippen LogP contribution in [0.15, 0.2) is 12.4 Å². The fourth-order valence-corrected chi connectivity index (χ4v) is 3.77. The van der Waals surface area contributed by atoms with E-state index in [1.165, 1.54) is 12.4 Å². The molecule has 0 bridgehead atoms. The summed E-state index contributed by atoms with van der Waals surface area (Å²) in [7, 11) is 1.82. The molecule has 11 heteroatoms. The minimum absolute atomic E-state index is 0.0780. The van der Waals surface area contributed by atoms with Crippen LogP contribution in [0.5, 0.6) is 5.75 Å². The third kappa shape index (κ3) is 6.61. The van der Waals surface area contributed by atoms with E-state index >= 15 is 0 Å². The Balaban J connectivity index is 1.77. The van der Waals surface area contributed by atoms with E-state index in [1.54, 1.807) is 4.31 Å². The molecule has 0 radical (unpaired) electrons. The van der Waals surface area contributed by atoms with Gasteiger partial charge in [0.2, 0.25) is 5.95 Å². The summed E-state index contributed by atoms with van der Waals surface area (Å²) in [6.07, 6.45) is 4.78. The molecule has 0 saturated carbocycles. The lowest BCUT2D eigenvalue weighted by atomic mass is 10.1. The predicted molar refractivity (Wildman–Crippen MR) is 93.0 cm³/mol. The predicted octanol–water partition coefficient (Wildman–Crippen LogP) is 2.09. The number of hydrogen-bond donors (Lipinski definition) is 1. The lowest BCUT2D eigenvalue weighted by Crippen LogP contribution is -2.44. The smallest absolute Gasteiger partial charge is 0.387 e. The first kappa shape index (κ1) is 20.2. The van der Waals surface area contributed by atoms with E-state index < -0.39 is 17.8 Å². The van der Waals surface area contributed by atoms with Crippen LogP contribution in [0.1, 0.15) is 19.3 Å². The summed E-state index contributed by atoms with van der Waals surface area (Å²) in [5.74, 6) is 0.834. The van der Waals surface area contributed by atoms with Crippen molar-refractivity contribution in [2.45, 2.75) is 31.9 Å². The quantitative estimate of drug-likeness (QED) is 0.646. The number of piperidine rings is 1. The fraction of sp³-hybridized carbons (Fsp3) is 0.714. The number of anilines is 1. The van der Waals surface area contributed by atoms with E-state index in [0.717, 1.165) is 19.3 Å². The van der Waals surface area contributed by atoms with Gasteiger partial charge in [0.25, 0.3) is 0 Å². The van der Waals surface area contributed by atoms with Crippen molar-refractivity contribution in [3.63, 3.8) is 0 Å². The highest BCUT2D eigenvalue weighted by molar-refractivity contribution is 7.80. The van der Waals surface area contributed by atoms with E-state index in [-0.39, 0.29) is 11.8 Å². The van der Waals surface area contributed by atoms with Gasteiger partial charge in [0, 0.05) is 38.6 Å². The normalized spacial score (nSPS) is 17.8. The first-order valence-electron chi connectivity index (χ1n) is 7.97. The molecule has 1 atom stereocenters. The highest BCUT2D eigenvalue weighted by atomic mass is 35.5. The summed E-state index contributed by atoms with van der Waals surface area (Å²) in [6, 6.07) is 0.142. The van der Waals surface area contributed by atoms with Crippen LogP contribution < -0.4 is 10.1 Å². The molecule has 0 aliphatic carbocycles. The van der Waals surface area contributed by atoms with Gasteiger partial charge >= 0.3 is 6.61 Å². The summed E-state index contributed by atoms with van der Waals surface area (Å²) in [5.41, 5.74) is 0. The fourth-order valence-electron chi connectivity index (χ4n) is 2.45. The van der Waals surface area contributed by atoms with Crippen LogP contribution in [0.25, 0.3) is 0 Å². The monoisotopic (exact) mass is 397 g/mol. The molecule has 7 nitrogen and oxygen atoms in total. The zero-order valence-electron chi connectivity index (χ0n) is 13.9. The molecule has 1 saturated heterocycles. The molecule has 2 heterocycles. The number of rotatable bonds is 9. The molecular formula is C14H22ClF2N5O2S. The van der Waals surface area contributed by atoms with Gasteiger partial charge in [-0.25, -0.2) is 22.8 Å². The van der Waals surface area contributed by atoms with E-state index in [2.05, 4.69) is 20.0 Å². The molecule has 1 aliphatic rings. The van der Waals surface area contributed by atoms with Crippen LogP contribution in [0.2, 0.25) is 0 Å². The molecule has 0 aromatic carbocycles. The van der Waals surface area contributed by atoms with Crippen LogP contribution in [-0.4, -0.2) is 68.0 Å². The van der Waals surface area contributed by atoms with Gasteiger partial charge in [-0.2, -0.15) is 8.78 Å². The average molecular weight is 398 g/mol. The average Bonchev–Trinajstić information content (AvgIpc) is 2.61. The van der Waals surface area contributed by atoms with Gasteiger partial charge in [0.15, 0.2) is 16.9 Å². The highest BCUT2D eigenvalue weighted by Crippen LogP contribution is 2.18. The molecule has 1 aromatic rings. The number of aromatic nitrogens is 2. The Morgan fingerprint density at radius 2 is 2.08 bits per heavy atom. The number of halogens is 3. The molecule has 142 valence electrons. The second kappa shape index (κ2) is 10.1. The van der Waals surface area contributed by atoms with Crippen LogP contribution in [0.4, 0.5) is 14.7 Å². The third-order valence-corrected chi connectivity index (χ3v) is 5.52. The standard InChI is InChI=1S/C14H22ClF2N5O2S/c1-21(6-2-5-15)25(23)22-7-3-11(4-8-22)20-14-18-9-12(10-19-14)24-13(16)17/h9-11,13H,2-8H2,1H3,(H,18,19,20). The molecule has 1 fully saturated rings. The number of nitrogens with one attached hydrogen (secondary N) is 1. The van der Waals surface area contributed by atoms with Gasteiger partial charge < -0.3 is 10.1 Å². The van der Waals surface area contributed by atoms with Crippen molar-refractivity contribution in [3.05, 3.63) is 12.4 Å². The van der Waals surface area contributed by atoms with Gasteiger partial charge in [-0.15, -0.1) is 11.6 Å². The second-order valence-electron chi connectivity index (χ2n) is 5.59. The summed E-state index contributed by atoms with van der Waals surface area (Å²) >= 11 is 4.50. The van der Waals surface area contributed by atoms with Gasteiger partial charge in [0.1, 0.15) is 0 Å². The van der Waals surface area contributed by atoms with Crippen molar-refractivity contribution in [1.82, 2.24) is 18.6 Å². The molecule has 1 aromatic heterocycles. The first-order chi connectivity index (χ1) is 12.0. The molecule has 0 amide bonds. The largest absolute Gasteiger partial charge is 0.432 e. The van der Waals surface area contributed by atoms with Crippen LogP contribution in [0, 0.1) is 0 Å². The topological polar surface area (TPSA) is 70.6 Å². The second-order valence-corrected chi connectivity index (χ2v) is 7.57. The van der Waals surface area contributed by atoms with Crippen molar-refractivity contribution in [2.24, 2.45) is 0 Å². The molecule has 2 rings (SSSR count). The number of alkyl halides is 3. The molecule has 1 aliphatic heterocycles. The Morgan fingerprint density at radius 1 is 1.44 bits per heavy atom. The Morgan fingerprint density at radius 3 is 2.64 bits per heavy atom.